The highest BCUT2D eigenvalue weighted by Crippen LogP contribution is 2.20. The van der Waals surface area contributed by atoms with Crippen LogP contribution in [0.5, 0.6) is 0 Å². The first kappa shape index (κ1) is 15.7. The van der Waals surface area contributed by atoms with Gasteiger partial charge in [-0.25, -0.2) is 22.0 Å². The molecular formula is C14H9F5N2O. The van der Waals surface area contributed by atoms with E-state index < -0.39 is 52.9 Å². The van der Waals surface area contributed by atoms with E-state index in [-0.39, 0.29) is 0 Å². The molecule has 116 valence electrons. The number of hydrogen-bond acceptors (Lipinski definition) is 2. The van der Waals surface area contributed by atoms with Gasteiger partial charge in [-0.3, -0.25) is 4.79 Å². The average molecular weight is 316 g/mol. The molecule has 0 fully saturated rings. The van der Waals surface area contributed by atoms with Crippen LogP contribution < -0.4 is 10.6 Å². The molecule has 0 aliphatic heterocycles. The molecule has 0 aliphatic rings. The Kier molecular flexibility index (Phi) is 4.59. The van der Waals surface area contributed by atoms with Gasteiger partial charge in [0.25, 0.3) is 0 Å². The molecule has 8 heteroatoms. The largest absolute Gasteiger partial charge is 0.374 e. The zero-order valence-electron chi connectivity index (χ0n) is 10.9. The maximum atomic E-state index is 13.3. The Labute approximate surface area is 121 Å². The molecule has 0 aromatic heterocycles. The summed E-state index contributed by atoms with van der Waals surface area (Å²) in [5.41, 5.74) is -1.11. The Hall–Kier alpha value is -2.64. The van der Waals surface area contributed by atoms with Crippen molar-refractivity contribution >= 4 is 17.3 Å². The molecule has 1 amide bonds. The Bertz CT molecular complexity index is 700. The second-order valence-corrected chi connectivity index (χ2v) is 4.22. The van der Waals surface area contributed by atoms with Crippen LogP contribution in [-0.4, -0.2) is 12.5 Å². The van der Waals surface area contributed by atoms with Gasteiger partial charge in [0.15, 0.2) is 17.5 Å². The number of anilines is 2. The first-order chi connectivity index (χ1) is 10.4. The molecule has 0 bridgehead atoms. The van der Waals surface area contributed by atoms with Crippen molar-refractivity contribution in [3.05, 3.63) is 59.4 Å². The predicted octanol–water partition coefficient (Wildman–Crippen LogP) is 3.43. The van der Waals surface area contributed by atoms with E-state index in [4.69, 9.17) is 0 Å². The maximum Gasteiger partial charge on any atom is 0.243 e. The van der Waals surface area contributed by atoms with Gasteiger partial charge in [0.2, 0.25) is 5.91 Å². The van der Waals surface area contributed by atoms with Gasteiger partial charge in [-0.05, 0) is 24.3 Å². The Balaban J connectivity index is 2.04. The van der Waals surface area contributed by atoms with E-state index in [0.29, 0.717) is 6.07 Å². The third-order valence-electron chi connectivity index (χ3n) is 2.70. The summed E-state index contributed by atoms with van der Waals surface area (Å²) in [5, 5.41) is 4.15. The van der Waals surface area contributed by atoms with Crippen molar-refractivity contribution in [3.63, 3.8) is 0 Å². The summed E-state index contributed by atoms with van der Waals surface area (Å²) in [6.45, 7) is -0.601. The van der Waals surface area contributed by atoms with E-state index in [1.54, 1.807) is 0 Å². The van der Waals surface area contributed by atoms with Crippen LogP contribution in [0.15, 0.2) is 30.3 Å². The molecule has 2 rings (SSSR count). The zero-order valence-corrected chi connectivity index (χ0v) is 10.9. The fourth-order valence-electron chi connectivity index (χ4n) is 1.64. The van der Waals surface area contributed by atoms with Gasteiger partial charge in [0.05, 0.1) is 12.2 Å². The summed E-state index contributed by atoms with van der Waals surface area (Å²) >= 11 is 0. The molecule has 2 N–H and O–H groups in total. The molecule has 2 aromatic rings. The summed E-state index contributed by atoms with van der Waals surface area (Å²) in [6, 6.07) is 4.58. The van der Waals surface area contributed by atoms with E-state index in [9.17, 15) is 26.7 Å². The van der Waals surface area contributed by atoms with Crippen molar-refractivity contribution < 1.29 is 26.7 Å². The van der Waals surface area contributed by atoms with E-state index in [1.165, 1.54) is 0 Å². The number of para-hydroxylation sites is 1. The summed E-state index contributed by atoms with van der Waals surface area (Å²) in [5.74, 6) is -7.41. The van der Waals surface area contributed by atoms with Crippen molar-refractivity contribution in [1.82, 2.24) is 0 Å². The summed E-state index contributed by atoms with van der Waals surface area (Å²) in [4.78, 5) is 11.6. The highest BCUT2D eigenvalue weighted by molar-refractivity contribution is 5.94. The van der Waals surface area contributed by atoms with Crippen molar-refractivity contribution in [2.75, 3.05) is 17.2 Å². The summed E-state index contributed by atoms with van der Waals surface area (Å²) in [6.07, 6.45) is 0. The number of amides is 1. The van der Waals surface area contributed by atoms with Gasteiger partial charge in [0, 0.05) is 0 Å². The van der Waals surface area contributed by atoms with Crippen LogP contribution in [0, 0.1) is 29.1 Å². The highest BCUT2D eigenvalue weighted by Gasteiger charge is 2.15. The lowest BCUT2D eigenvalue weighted by Gasteiger charge is -2.10. The third kappa shape index (κ3) is 3.33. The van der Waals surface area contributed by atoms with Gasteiger partial charge in [-0.15, -0.1) is 0 Å². The van der Waals surface area contributed by atoms with E-state index in [1.807, 2.05) is 5.32 Å². The van der Waals surface area contributed by atoms with Crippen molar-refractivity contribution in [2.45, 2.75) is 0 Å². The molecular weight excluding hydrogens is 307 g/mol. The molecule has 3 nitrogen and oxygen atoms in total. The second kappa shape index (κ2) is 6.42. The van der Waals surface area contributed by atoms with E-state index >= 15 is 0 Å². The number of nitrogens with one attached hydrogen (secondary N) is 2. The first-order valence-electron chi connectivity index (χ1n) is 6.01. The van der Waals surface area contributed by atoms with Gasteiger partial charge < -0.3 is 10.6 Å². The normalized spacial score (nSPS) is 10.4. The van der Waals surface area contributed by atoms with Crippen LogP contribution >= 0.6 is 0 Å². The van der Waals surface area contributed by atoms with Crippen LogP contribution in [0.3, 0.4) is 0 Å². The van der Waals surface area contributed by atoms with Gasteiger partial charge in [-0.1, -0.05) is 6.07 Å². The average Bonchev–Trinajstić information content (AvgIpc) is 2.48. The van der Waals surface area contributed by atoms with Gasteiger partial charge in [-0.2, -0.15) is 0 Å². The van der Waals surface area contributed by atoms with Crippen molar-refractivity contribution in [3.8, 4) is 0 Å². The molecule has 2 aromatic carbocycles. The molecule has 0 saturated heterocycles. The lowest BCUT2D eigenvalue weighted by atomic mass is 10.2. The Morgan fingerprint density at radius 2 is 1.50 bits per heavy atom. The number of hydrogen-bond donors (Lipinski definition) is 2. The number of benzene rings is 2. The van der Waals surface area contributed by atoms with Crippen molar-refractivity contribution in [2.24, 2.45) is 0 Å². The zero-order chi connectivity index (χ0) is 16.3. The summed E-state index contributed by atoms with van der Waals surface area (Å²) < 4.78 is 65.7. The minimum Gasteiger partial charge on any atom is -0.374 e. The third-order valence-corrected chi connectivity index (χ3v) is 2.70. The minimum absolute atomic E-state index is 0.456. The van der Waals surface area contributed by atoms with E-state index in [0.717, 1.165) is 24.3 Å². The lowest BCUT2D eigenvalue weighted by molar-refractivity contribution is -0.114. The Morgan fingerprint density at radius 3 is 2.14 bits per heavy atom. The molecule has 0 unspecified atom stereocenters. The van der Waals surface area contributed by atoms with Crippen LogP contribution in [0.25, 0.3) is 0 Å². The van der Waals surface area contributed by atoms with Crippen LogP contribution in [-0.2, 0) is 4.79 Å². The number of rotatable bonds is 4. The topological polar surface area (TPSA) is 41.1 Å². The fourth-order valence-corrected chi connectivity index (χ4v) is 1.64. The van der Waals surface area contributed by atoms with Crippen LogP contribution in [0.2, 0.25) is 0 Å². The monoisotopic (exact) mass is 316 g/mol. The van der Waals surface area contributed by atoms with Crippen LogP contribution in [0.4, 0.5) is 33.3 Å². The molecule has 0 radical (unpaired) electrons. The standard InChI is InChI=1S/C14H9F5N2O/c15-7-4-5-10(13(19)12(7)18)20-6-11(22)21-14-8(16)2-1-3-9(14)17/h1-5,20H,6H2,(H,21,22). The number of carbonyl (C=O) groups excluding carboxylic acids is 1. The predicted molar refractivity (Wildman–Crippen MR) is 69.8 cm³/mol. The molecule has 22 heavy (non-hydrogen) atoms. The highest BCUT2D eigenvalue weighted by atomic mass is 19.2. The minimum atomic E-state index is -1.69. The molecule has 0 atom stereocenters. The molecule has 0 spiro atoms. The SMILES string of the molecule is O=C(CNc1ccc(F)c(F)c1F)Nc1c(F)cccc1F. The molecule has 0 aliphatic carbocycles. The van der Waals surface area contributed by atoms with Crippen molar-refractivity contribution in [1.29, 1.82) is 0 Å². The lowest BCUT2D eigenvalue weighted by Crippen LogP contribution is -2.23. The maximum absolute atomic E-state index is 13.3. The summed E-state index contributed by atoms with van der Waals surface area (Å²) in [7, 11) is 0. The van der Waals surface area contributed by atoms with Crippen LogP contribution in [0.1, 0.15) is 0 Å². The molecule has 0 saturated carbocycles. The fraction of sp³-hybridized carbons (Fsp3) is 0.0714. The second-order valence-electron chi connectivity index (χ2n) is 4.22. The first-order valence-corrected chi connectivity index (χ1v) is 6.01. The smallest absolute Gasteiger partial charge is 0.243 e. The van der Waals surface area contributed by atoms with Gasteiger partial charge in [0.1, 0.15) is 17.3 Å². The van der Waals surface area contributed by atoms with E-state index in [2.05, 4.69) is 5.32 Å². The molecule has 0 heterocycles. The Morgan fingerprint density at radius 1 is 0.864 bits per heavy atom. The number of halogens is 5. The number of carbonyl (C=O) groups is 1. The van der Waals surface area contributed by atoms with Gasteiger partial charge >= 0.3 is 0 Å². The quantitative estimate of drug-likeness (QED) is 0.670.